The normalized spacial score (nSPS) is 12.3. The Morgan fingerprint density at radius 3 is 2.33 bits per heavy atom. The van der Waals surface area contributed by atoms with E-state index < -0.39 is 29.5 Å². The Morgan fingerprint density at radius 1 is 1.13 bits per heavy atom. The third-order valence-corrected chi connectivity index (χ3v) is 4.73. The van der Waals surface area contributed by atoms with Gasteiger partial charge in [0, 0.05) is 17.7 Å². The molecule has 8 heteroatoms. The van der Waals surface area contributed by atoms with E-state index >= 15 is 0 Å². The molecule has 0 radical (unpaired) electrons. The van der Waals surface area contributed by atoms with Crippen LogP contribution < -0.4 is 10.1 Å². The fraction of sp³-hybridized carbons (Fsp3) is 0.364. The number of benzene rings is 2. The molecule has 2 N–H and O–H groups in total. The molecule has 0 saturated heterocycles. The molecule has 0 aliphatic carbocycles. The molecule has 0 unspecified atom stereocenters. The zero-order chi connectivity index (χ0) is 22.3. The smallest absolute Gasteiger partial charge is 0.416 e. The number of rotatable bonds is 9. The highest BCUT2D eigenvalue weighted by Crippen LogP contribution is 2.29. The molecular weight excluding hydrogens is 399 g/mol. The highest BCUT2D eigenvalue weighted by molar-refractivity contribution is 5.94. The van der Waals surface area contributed by atoms with Crippen molar-refractivity contribution in [1.82, 2.24) is 5.32 Å². The fourth-order valence-corrected chi connectivity index (χ4v) is 3.13. The molecule has 0 aliphatic heterocycles. The number of alkyl halides is 3. The highest BCUT2D eigenvalue weighted by Gasteiger charge is 2.30. The van der Waals surface area contributed by atoms with Crippen molar-refractivity contribution in [2.75, 3.05) is 7.11 Å². The standard InChI is InChI=1S/C22H24F3NO4/c1-3-4-16(21(28)29)11-14-5-10-19(30-2)17(12-14)13-26-20(27)15-6-8-18(9-7-15)22(23,24)25/h5-10,12,16H,3-4,11,13H2,1-2H3,(H,26,27)(H,28,29)/t16-/m0/s1. The molecular formula is C22H24F3NO4. The van der Waals surface area contributed by atoms with Crippen molar-refractivity contribution in [2.45, 2.75) is 38.9 Å². The van der Waals surface area contributed by atoms with Crippen molar-refractivity contribution >= 4 is 11.9 Å². The molecule has 0 heterocycles. The number of carboxylic acids is 1. The summed E-state index contributed by atoms with van der Waals surface area (Å²) in [6, 6.07) is 9.22. The summed E-state index contributed by atoms with van der Waals surface area (Å²) in [5.41, 5.74) is 0.729. The number of aliphatic carboxylic acids is 1. The van der Waals surface area contributed by atoms with E-state index in [9.17, 15) is 27.9 Å². The number of nitrogens with one attached hydrogen (secondary N) is 1. The summed E-state index contributed by atoms with van der Waals surface area (Å²) in [7, 11) is 1.48. The van der Waals surface area contributed by atoms with Crippen LogP contribution in [-0.4, -0.2) is 24.1 Å². The Balaban J connectivity index is 2.11. The van der Waals surface area contributed by atoms with Crippen molar-refractivity contribution in [2.24, 2.45) is 5.92 Å². The number of methoxy groups -OCH3 is 1. The molecule has 2 aromatic carbocycles. The second-order valence-corrected chi connectivity index (χ2v) is 6.93. The third kappa shape index (κ3) is 6.23. The Kier molecular flexibility index (Phi) is 7.86. The molecule has 1 atom stereocenters. The Labute approximate surface area is 172 Å². The van der Waals surface area contributed by atoms with Gasteiger partial charge in [0.1, 0.15) is 5.75 Å². The zero-order valence-corrected chi connectivity index (χ0v) is 16.8. The van der Waals surface area contributed by atoms with Gasteiger partial charge >= 0.3 is 12.1 Å². The number of carbonyl (C=O) groups is 2. The highest BCUT2D eigenvalue weighted by atomic mass is 19.4. The van der Waals surface area contributed by atoms with E-state index in [1.807, 2.05) is 6.92 Å². The summed E-state index contributed by atoms with van der Waals surface area (Å²) in [5, 5.41) is 12.0. The molecule has 0 spiro atoms. The van der Waals surface area contributed by atoms with Crippen LogP contribution in [0, 0.1) is 5.92 Å². The maximum absolute atomic E-state index is 12.6. The van der Waals surface area contributed by atoms with Gasteiger partial charge < -0.3 is 15.2 Å². The van der Waals surface area contributed by atoms with Crippen LogP contribution in [0.3, 0.4) is 0 Å². The molecule has 5 nitrogen and oxygen atoms in total. The van der Waals surface area contributed by atoms with E-state index in [0.29, 0.717) is 24.2 Å². The van der Waals surface area contributed by atoms with Crippen LogP contribution in [0.25, 0.3) is 0 Å². The molecule has 0 saturated carbocycles. The van der Waals surface area contributed by atoms with Gasteiger partial charge in [0.25, 0.3) is 5.91 Å². The average Bonchev–Trinajstić information content (AvgIpc) is 2.71. The third-order valence-electron chi connectivity index (χ3n) is 4.73. The molecule has 2 rings (SSSR count). The van der Waals surface area contributed by atoms with Gasteiger partial charge in [0.2, 0.25) is 0 Å². The lowest BCUT2D eigenvalue weighted by molar-refractivity contribution is -0.142. The minimum absolute atomic E-state index is 0.0857. The van der Waals surface area contributed by atoms with Crippen molar-refractivity contribution in [1.29, 1.82) is 0 Å². The molecule has 0 aliphatic rings. The quantitative estimate of drug-likeness (QED) is 0.614. The second kappa shape index (κ2) is 10.1. The van der Waals surface area contributed by atoms with Gasteiger partial charge in [-0.1, -0.05) is 25.5 Å². The summed E-state index contributed by atoms with van der Waals surface area (Å²) in [4.78, 5) is 23.7. The van der Waals surface area contributed by atoms with Gasteiger partial charge in [-0.15, -0.1) is 0 Å². The summed E-state index contributed by atoms with van der Waals surface area (Å²) < 4.78 is 43.2. The first kappa shape index (κ1) is 23.3. The number of carbonyl (C=O) groups excluding carboxylic acids is 1. The summed E-state index contributed by atoms with van der Waals surface area (Å²) in [6.07, 6.45) is -2.80. The maximum Gasteiger partial charge on any atom is 0.416 e. The summed E-state index contributed by atoms with van der Waals surface area (Å²) in [5.74, 6) is -1.36. The number of halogens is 3. The van der Waals surface area contributed by atoms with E-state index in [-0.39, 0.29) is 12.1 Å². The number of hydrogen-bond donors (Lipinski definition) is 2. The number of carboxylic acid groups (broad SMARTS) is 1. The van der Waals surface area contributed by atoms with Gasteiger partial charge in [-0.05, 0) is 48.7 Å². The van der Waals surface area contributed by atoms with Crippen LogP contribution in [0.5, 0.6) is 5.75 Å². The van der Waals surface area contributed by atoms with E-state index in [1.165, 1.54) is 7.11 Å². The van der Waals surface area contributed by atoms with Crippen molar-refractivity contribution < 1.29 is 32.6 Å². The molecule has 2 aromatic rings. The molecule has 0 bridgehead atoms. The lowest BCUT2D eigenvalue weighted by Crippen LogP contribution is -2.23. The number of amides is 1. The lowest BCUT2D eigenvalue weighted by Gasteiger charge is -2.15. The van der Waals surface area contributed by atoms with Crippen molar-refractivity contribution in [3.8, 4) is 5.75 Å². The number of hydrogen-bond acceptors (Lipinski definition) is 3. The van der Waals surface area contributed by atoms with E-state index in [0.717, 1.165) is 36.2 Å². The monoisotopic (exact) mass is 423 g/mol. The number of ether oxygens (including phenoxy) is 1. The predicted octanol–water partition coefficient (Wildman–Crippen LogP) is 4.69. The average molecular weight is 423 g/mol. The first-order valence-electron chi connectivity index (χ1n) is 9.49. The second-order valence-electron chi connectivity index (χ2n) is 6.93. The summed E-state index contributed by atoms with van der Waals surface area (Å²) >= 11 is 0. The van der Waals surface area contributed by atoms with Crippen LogP contribution >= 0.6 is 0 Å². The van der Waals surface area contributed by atoms with Crippen LogP contribution in [0.2, 0.25) is 0 Å². The SMILES string of the molecule is CCC[C@@H](Cc1ccc(OC)c(CNC(=O)c2ccc(C(F)(F)F)cc2)c1)C(=O)O. The fourth-order valence-electron chi connectivity index (χ4n) is 3.13. The van der Waals surface area contributed by atoms with Crippen molar-refractivity contribution in [3.05, 3.63) is 64.7 Å². The minimum atomic E-state index is -4.46. The van der Waals surface area contributed by atoms with E-state index in [2.05, 4.69) is 5.32 Å². The van der Waals surface area contributed by atoms with Gasteiger partial charge in [-0.25, -0.2) is 0 Å². The van der Waals surface area contributed by atoms with Crippen LogP contribution in [0.4, 0.5) is 13.2 Å². The first-order valence-corrected chi connectivity index (χ1v) is 9.49. The Bertz CT molecular complexity index is 879. The molecule has 1 amide bonds. The van der Waals surface area contributed by atoms with Crippen molar-refractivity contribution in [3.63, 3.8) is 0 Å². The first-order chi connectivity index (χ1) is 14.2. The zero-order valence-electron chi connectivity index (χ0n) is 16.8. The Morgan fingerprint density at radius 2 is 1.80 bits per heavy atom. The van der Waals surface area contributed by atoms with Crippen LogP contribution in [0.1, 0.15) is 46.8 Å². The molecule has 30 heavy (non-hydrogen) atoms. The van der Waals surface area contributed by atoms with Crippen LogP contribution in [-0.2, 0) is 23.9 Å². The molecule has 0 aromatic heterocycles. The molecule has 162 valence electrons. The maximum atomic E-state index is 12.6. The Hall–Kier alpha value is -3.03. The van der Waals surface area contributed by atoms with Gasteiger partial charge in [-0.2, -0.15) is 13.2 Å². The van der Waals surface area contributed by atoms with Crippen LogP contribution in [0.15, 0.2) is 42.5 Å². The van der Waals surface area contributed by atoms with Gasteiger partial charge in [-0.3, -0.25) is 9.59 Å². The predicted molar refractivity (Wildman–Crippen MR) is 105 cm³/mol. The topological polar surface area (TPSA) is 75.6 Å². The summed E-state index contributed by atoms with van der Waals surface area (Å²) in [6.45, 7) is 2.01. The van der Waals surface area contributed by atoms with E-state index in [1.54, 1.807) is 18.2 Å². The van der Waals surface area contributed by atoms with E-state index in [4.69, 9.17) is 4.74 Å². The largest absolute Gasteiger partial charge is 0.496 e. The van der Waals surface area contributed by atoms with Gasteiger partial charge in [0.15, 0.2) is 0 Å². The lowest BCUT2D eigenvalue weighted by atomic mass is 9.94. The molecule has 0 fully saturated rings. The van der Waals surface area contributed by atoms with Gasteiger partial charge in [0.05, 0.1) is 18.6 Å². The minimum Gasteiger partial charge on any atom is -0.496 e.